The van der Waals surface area contributed by atoms with E-state index in [4.69, 9.17) is 23.2 Å². The summed E-state index contributed by atoms with van der Waals surface area (Å²) in [5, 5.41) is 4.05. The Morgan fingerprint density at radius 2 is 1.67 bits per heavy atom. The summed E-state index contributed by atoms with van der Waals surface area (Å²) >= 11 is 11.9. The zero-order valence-electron chi connectivity index (χ0n) is 13.3. The topological polar surface area (TPSA) is 32.3 Å². The lowest BCUT2D eigenvalue weighted by atomic mass is 10.0. The normalized spacial score (nSPS) is 16.1. The van der Waals surface area contributed by atoms with Crippen LogP contribution in [-0.2, 0) is 6.54 Å². The molecule has 0 aliphatic carbocycles. The number of benzene rings is 2. The number of nitrogens with one attached hydrogen (secondary N) is 1. The molecule has 1 aliphatic rings. The van der Waals surface area contributed by atoms with Gasteiger partial charge in [-0.15, -0.1) is 0 Å². The van der Waals surface area contributed by atoms with Crippen molar-refractivity contribution in [1.82, 2.24) is 10.2 Å². The van der Waals surface area contributed by atoms with Gasteiger partial charge in [-0.05, 0) is 36.6 Å². The van der Waals surface area contributed by atoms with Crippen LogP contribution in [0, 0.1) is 0 Å². The third-order valence-corrected chi connectivity index (χ3v) is 4.73. The minimum Gasteiger partial charge on any atom is -0.349 e. The van der Waals surface area contributed by atoms with E-state index in [1.165, 1.54) is 5.56 Å². The molecule has 0 atom stereocenters. The van der Waals surface area contributed by atoms with E-state index >= 15 is 0 Å². The molecule has 0 bridgehead atoms. The van der Waals surface area contributed by atoms with Gasteiger partial charge in [0.1, 0.15) is 0 Å². The number of halogens is 2. The minimum atomic E-state index is -0.110. The number of rotatable bonds is 4. The van der Waals surface area contributed by atoms with Gasteiger partial charge in [0.2, 0.25) is 0 Å². The molecule has 1 fully saturated rings. The summed E-state index contributed by atoms with van der Waals surface area (Å²) < 4.78 is 0. The largest absolute Gasteiger partial charge is 0.349 e. The molecule has 3 rings (SSSR count). The Morgan fingerprint density at radius 3 is 2.29 bits per heavy atom. The zero-order valence-corrected chi connectivity index (χ0v) is 14.9. The van der Waals surface area contributed by atoms with Crippen molar-refractivity contribution >= 4 is 29.1 Å². The van der Waals surface area contributed by atoms with Crippen LogP contribution in [0.3, 0.4) is 0 Å². The second-order valence-corrected chi connectivity index (χ2v) is 7.04. The summed E-state index contributed by atoms with van der Waals surface area (Å²) in [6.45, 7) is 2.93. The molecule has 1 heterocycles. The van der Waals surface area contributed by atoms with Gasteiger partial charge >= 0.3 is 0 Å². The molecule has 3 nitrogen and oxygen atoms in total. The molecule has 126 valence electrons. The highest BCUT2D eigenvalue weighted by atomic mass is 35.5. The number of hydrogen-bond acceptors (Lipinski definition) is 2. The molecule has 0 unspecified atom stereocenters. The Morgan fingerprint density at radius 1 is 1.04 bits per heavy atom. The molecule has 24 heavy (non-hydrogen) atoms. The Kier molecular flexibility index (Phi) is 5.77. The Bertz CT molecular complexity index is 678. The van der Waals surface area contributed by atoms with Crippen LogP contribution in [0.1, 0.15) is 28.8 Å². The van der Waals surface area contributed by atoms with Crippen molar-refractivity contribution < 1.29 is 4.79 Å². The van der Waals surface area contributed by atoms with E-state index in [-0.39, 0.29) is 11.9 Å². The predicted molar refractivity (Wildman–Crippen MR) is 98.7 cm³/mol. The number of carbonyl (C=O) groups is 1. The number of likely N-dealkylation sites (tertiary alicyclic amines) is 1. The van der Waals surface area contributed by atoms with Crippen LogP contribution < -0.4 is 5.32 Å². The quantitative estimate of drug-likeness (QED) is 0.874. The first-order valence-electron chi connectivity index (χ1n) is 8.13. The molecule has 2 aromatic rings. The maximum atomic E-state index is 12.3. The van der Waals surface area contributed by atoms with E-state index in [0.717, 1.165) is 32.5 Å². The highest BCUT2D eigenvalue weighted by Crippen LogP contribution is 2.20. The third kappa shape index (κ3) is 4.73. The lowest BCUT2D eigenvalue weighted by Gasteiger charge is -2.32. The van der Waals surface area contributed by atoms with Gasteiger partial charge in [-0.25, -0.2) is 0 Å². The Labute approximate surface area is 152 Å². The van der Waals surface area contributed by atoms with Gasteiger partial charge in [0.05, 0.1) is 0 Å². The van der Waals surface area contributed by atoms with E-state index in [0.29, 0.717) is 15.6 Å². The number of amides is 1. The number of piperidine rings is 1. The summed E-state index contributed by atoms with van der Waals surface area (Å²) in [5.74, 6) is -0.110. The smallest absolute Gasteiger partial charge is 0.251 e. The maximum Gasteiger partial charge on any atom is 0.251 e. The summed E-state index contributed by atoms with van der Waals surface area (Å²) in [6, 6.07) is 15.6. The molecular formula is C19H20Cl2N2O. The van der Waals surface area contributed by atoms with Crippen LogP contribution >= 0.6 is 23.2 Å². The van der Waals surface area contributed by atoms with Gasteiger partial charge in [-0.3, -0.25) is 9.69 Å². The average molecular weight is 363 g/mol. The second-order valence-electron chi connectivity index (χ2n) is 6.17. The predicted octanol–water partition coefficient (Wildman–Crippen LogP) is 4.39. The second kappa shape index (κ2) is 8.02. The van der Waals surface area contributed by atoms with Gasteiger partial charge in [0.25, 0.3) is 5.91 Å². The fourth-order valence-electron chi connectivity index (χ4n) is 3.03. The van der Waals surface area contributed by atoms with Crippen LogP contribution in [0.2, 0.25) is 10.0 Å². The SMILES string of the molecule is O=C(NC1CCN(Cc2ccccc2)CC1)c1cc(Cl)cc(Cl)c1. The van der Waals surface area contributed by atoms with Crippen LogP contribution in [0.5, 0.6) is 0 Å². The zero-order chi connectivity index (χ0) is 16.9. The number of carbonyl (C=O) groups excluding carboxylic acids is 1. The van der Waals surface area contributed by atoms with E-state index in [2.05, 4.69) is 34.5 Å². The molecule has 1 saturated heterocycles. The van der Waals surface area contributed by atoms with Crippen LogP contribution in [0.25, 0.3) is 0 Å². The fourth-order valence-corrected chi connectivity index (χ4v) is 3.56. The van der Waals surface area contributed by atoms with Crippen LogP contribution in [0.15, 0.2) is 48.5 Å². The molecule has 0 spiro atoms. The average Bonchev–Trinajstić information content (AvgIpc) is 2.57. The molecule has 1 amide bonds. The first-order valence-corrected chi connectivity index (χ1v) is 8.89. The van der Waals surface area contributed by atoms with E-state index in [1.807, 2.05) is 6.07 Å². The summed E-state index contributed by atoms with van der Waals surface area (Å²) in [6.07, 6.45) is 1.90. The van der Waals surface area contributed by atoms with Gasteiger partial charge in [-0.2, -0.15) is 0 Å². The molecular weight excluding hydrogens is 343 g/mol. The molecule has 0 saturated carbocycles. The van der Waals surface area contributed by atoms with E-state index in [1.54, 1.807) is 18.2 Å². The Hall–Kier alpha value is -1.55. The third-order valence-electron chi connectivity index (χ3n) is 4.30. The summed E-state index contributed by atoms with van der Waals surface area (Å²) in [5.41, 5.74) is 1.84. The van der Waals surface area contributed by atoms with E-state index < -0.39 is 0 Å². The number of nitrogens with zero attached hydrogens (tertiary/aromatic N) is 1. The molecule has 0 radical (unpaired) electrons. The molecule has 2 aromatic carbocycles. The van der Waals surface area contributed by atoms with Crippen LogP contribution in [-0.4, -0.2) is 29.9 Å². The summed E-state index contributed by atoms with van der Waals surface area (Å²) in [4.78, 5) is 14.8. The van der Waals surface area contributed by atoms with Crippen molar-refractivity contribution in [3.8, 4) is 0 Å². The van der Waals surface area contributed by atoms with Crippen molar-refractivity contribution in [2.75, 3.05) is 13.1 Å². The van der Waals surface area contributed by atoms with Crippen LogP contribution in [0.4, 0.5) is 0 Å². The van der Waals surface area contributed by atoms with Crippen molar-refractivity contribution in [2.24, 2.45) is 0 Å². The van der Waals surface area contributed by atoms with Gasteiger partial charge in [-0.1, -0.05) is 53.5 Å². The standard InChI is InChI=1S/C19H20Cl2N2O/c20-16-10-15(11-17(21)12-16)19(24)22-18-6-8-23(9-7-18)13-14-4-2-1-3-5-14/h1-5,10-12,18H,6-9,13H2,(H,22,24). The first-order chi connectivity index (χ1) is 11.6. The van der Waals surface area contributed by atoms with Crippen molar-refractivity contribution in [3.05, 3.63) is 69.7 Å². The molecule has 5 heteroatoms. The monoisotopic (exact) mass is 362 g/mol. The molecule has 1 aliphatic heterocycles. The van der Waals surface area contributed by atoms with Crippen molar-refractivity contribution in [3.63, 3.8) is 0 Å². The lowest BCUT2D eigenvalue weighted by Crippen LogP contribution is -2.44. The molecule has 0 aromatic heterocycles. The van der Waals surface area contributed by atoms with Crippen molar-refractivity contribution in [2.45, 2.75) is 25.4 Å². The van der Waals surface area contributed by atoms with E-state index in [9.17, 15) is 4.79 Å². The van der Waals surface area contributed by atoms with Gasteiger partial charge < -0.3 is 5.32 Å². The Balaban J connectivity index is 1.51. The summed E-state index contributed by atoms with van der Waals surface area (Å²) in [7, 11) is 0. The van der Waals surface area contributed by atoms with Gasteiger partial charge in [0, 0.05) is 41.3 Å². The minimum absolute atomic E-state index is 0.110. The first kappa shape index (κ1) is 17.3. The fraction of sp³-hybridized carbons (Fsp3) is 0.316. The lowest BCUT2D eigenvalue weighted by molar-refractivity contribution is 0.0909. The number of hydrogen-bond donors (Lipinski definition) is 1. The van der Waals surface area contributed by atoms with Gasteiger partial charge in [0.15, 0.2) is 0 Å². The molecule has 1 N–H and O–H groups in total. The maximum absolute atomic E-state index is 12.3. The van der Waals surface area contributed by atoms with Crippen molar-refractivity contribution in [1.29, 1.82) is 0 Å². The highest BCUT2D eigenvalue weighted by molar-refractivity contribution is 6.35. The highest BCUT2D eigenvalue weighted by Gasteiger charge is 2.21.